The van der Waals surface area contributed by atoms with Crippen molar-refractivity contribution in [3.05, 3.63) is 53.6 Å². The molecule has 0 radical (unpaired) electrons. The lowest BCUT2D eigenvalue weighted by molar-refractivity contribution is -0.137. The number of imide groups is 1. The molecule has 134 valence electrons. The van der Waals surface area contributed by atoms with E-state index in [1.807, 2.05) is 6.92 Å². The Bertz CT molecular complexity index is 859. The number of hydrogen-bond acceptors (Lipinski definition) is 5. The van der Waals surface area contributed by atoms with Crippen LogP contribution in [0.4, 0.5) is 0 Å². The average Bonchev–Trinajstić information content (AvgIpc) is 2.85. The van der Waals surface area contributed by atoms with Crippen LogP contribution in [-0.4, -0.2) is 40.9 Å². The minimum atomic E-state index is -1.25. The maximum absolute atomic E-state index is 12.3. The summed E-state index contributed by atoms with van der Waals surface area (Å²) in [5.74, 6) is -0.839. The first-order chi connectivity index (χ1) is 12.5. The molecule has 2 amide bonds. The van der Waals surface area contributed by atoms with Gasteiger partial charge in [0.25, 0.3) is 11.8 Å². The highest BCUT2D eigenvalue weighted by molar-refractivity contribution is 6.22. The molecule has 7 nitrogen and oxygen atoms in total. The Morgan fingerprint density at radius 2 is 1.58 bits per heavy atom. The van der Waals surface area contributed by atoms with Crippen LogP contribution in [-0.2, 0) is 4.79 Å². The molecule has 1 heterocycles. The molecule has 2 aromatic rings. The topological polar surface area (TPSA) is 93.1 Å². The lowest BCUT2D eigenvalue weighted by Crippen LogP contribution is -2.34. The highest BCUT2D eigenvalue weighted by atomic mass is 16.5. The molecule has 1 aliphatic heterocycles. The van der Waals surface area contributed by atoms with Crippen LogP contribution < -0.4 is 9.47 Å². The second-order valence-electron chi connectivity index (χ2n) is 5.72. The van der Waals surface area contributed by atoms with E-state index < -0.39 is 24.3 Å². The van der Waals surface area contributed by atoms with E-state index in [1.165, 1.54) is 12.1 Å². The SMILES string of the molecule is CCCOc1ccc(Oc2ccc3c(c2)C(=O)N(CC(=O)O)C3=O)cc1. The lowest BCUT2D eigenvalue weighted by atomic mass is 10.1. The minimum absolute atomic E-state index is 0.136. The molecule has 1 aliphatic rings. The fourth-order valence-corrected chi connectivity index (χ4v) is 2.57. The molecule has 1 N–H and O–H groups in total. The van der Waals surface area contributed by atoms with E-state index in [-0.39, 0.29) is 11.1 Å². The van der Waals surface area contributed by atoms with Gasteiger partial charge < -0.3 is 14.6 Å². The number of amides is 2. The first-order valence-corrected chi connectivity index (χ1v) is 8.12. The van der Waals surface area contributed by atoms with E-state index in [9.17, 15) is 14.4 Å². The summed E-state index contributed by atoms with van der Waals surface area (Å²) in [5, 5.41) is 8.83. The third kappa shape index (κ3) is 3.51. The van der Waals surface area contributed by atoms with Gasteiger partial charge >= 0.3 is 5.97 Å². The summed E-state index contributed by atoms with van der Waals surface area (Å²) in [5.41, 5.74) is 0.309. The van der Waals surface area contributed by atoms with Crippen LogP contribution in [0.2, 0.25) is 0 Å². The van der Waals surface area contributed by atoms with Crippen LogP contribution in [0.1, 0.15) is 34.1 Å². The molecule has 3 rings (SSSR count). The number of hydrogen-bond donors (Lipinski definition) is 1. The smallest absolute Gasteiger partial charge is 0.323 e. The molecule has 2 aromatic carbocycles. The third-order valence-electron chi connectivity index (χ3n) is 3.77. The van der Waals surface area contributed by atoms with Crippen molar-refractivity contribution >= 4 is 17.8 Å². The summed E-state index contributed by atoms with van der Waals surface area (Å²) in [4.78, 5) is 35.9. The number of fused-ring (bicyclic) bond motifs is 1. The molecule has 0 unspecified atom stereocenters. The lowest BCUT2D eigenvalue weighted by Gasteiger charge is -2.09. The van der Waals surface area contributed by atoms with Crippen LogP contribution in [0.5, 0.6) is 17.2 Å². The monoisotopic (exact) mass is 355 g/mol. The Hall–Kier alpha value is -3.35. The summed E-state index contributed by atoms with van der Waals surface area (Å²) < 4.78 is 11.2. The first kappa shape index (κ1) is 17.5. The third-order valence-corrected chi connectivity index (χ3v) is 3.77. The van der Waals surface area contributed by atoms with Gasteiger partial charge in [-0.2, -0.15) is 0 Å². The summed E-state index contributed by atoms with van der Waals surface area (Å²) in [7, 11) is 0. The van der Waals surface area contributed by atoms with E-state index in [2.05, 4.69) is 0 Å². The number of carbonyl (C=O) groups is 3. The maximum Gasteiger partial charge on any atom is 0.323 e. The van der Waals surface area contributed by atoms with Crippen LogP contribution in [0.15, 0.2) is 42.5 Å². The van der Waals surface area contributed by atoms with Gasteiger partial charge in [0.1, 0.15) is 23.8 Å². The van der Waals surface area contributed by atoms with E-state index in [1.54, 1.807) is 30.3 Å². The maximum atomic E-state index is 12.3. The molecular formula is C19H17NO6. The van der Waals surface area contributed by atoms with Crippen molar-refractivity contribution in [2.75, 3.05) is 13.2 Å². The molecule has 0 saturated carbocycles. The van der Waals surface area contributed by atoms with Crippen LogP contribution >= 0.6 is 0 Å². The summed E-state index contributed by atoms with van der Waals surface area (Å²) >= 11 is 0. The fourth-order valence-electron chi connectivity index (χ4n) is 2.57. The Morgan fingerprint density at radius 3 is 2.23 bits per heavy atom. The standard InChI is InChI=1S/C19H17NO6/c1-2-9-25-12-3-5-13(6-4-12)26-14-7-8-15-16(10-14)19(24)20(18(15)23)11-17(21)22/h3-8,10H,2,9,11H2,1H3,(H,21,22). The largest absolute Gasteiger partial charge is 0.494 e. The van der Waals surface area contributed by atoms with Crippen molar-refractivity contribution in [3.63, 3.8) is 0 Å². The van der Waals surface area contributed by atoms with Crippen molar-refractivity contribution in [1.29, 1.82) is 0 Å². The highest BCUT2D eigenvalue weighted by Gasteiger charge is 2.36. The zero-order valence-electron chi connectivity index (χ0n) is 14.1. The number of rotatable bonds is 7. The van der Waals surface area contributed by atoms with E-state index in [4.69, 9.17) is 14.6 Å². The molecule has 7 heteroatoms. The van der Waals surface area contributed by atoms with E-state index in [0.29, 0.717) is 23.0 Å². The number of carboxylic acids is 1. The van der Waals surface area contributed by atoms with Gasteiger partial charge in [-0.25, -0.2) is 0 Å². The predicted molar refractivity (Wildman–Crippen MR) is 91.7 cm³/mol. The quantitative estimate of drug-likeness (QED) is 0.768. The Balaban J connectivity index is 1.76. The number of aliphatic carboxylic acids is 1. The zero-order chi connectivity index (χ0) is 18.7. The van der Waals surface area contributed by atoms with Gasteiger partial charge in [-0.1, -0.05) is 6.92 Å². The normalized spacial score (nSPS) is 12.9. The Labute approximate surface area is 149 Å². The average molecular weight is 355 g/mol. The number of nitrogens with zero attached hydrogens (tertiary/aromatic N) is 1. The van der Waals surface area contributed by atoms with Crippen molar-refractivity contribution < 1.29 is 29.0 Å². The van der Waals surface area contributed by atoms with Gasteiger partial charge in [0, 0.05) is 0 Å². The first-order valence-electron chi connectivity index (χ1n) is 8.12. The summed E-state index contributed by atoms with van der Waals surface area (Å²) in [6.07, 6.45) is 0.916. The van der Waals surface area contributed by atoms with Crippen molar-refractivity contribution in [2.24, 2.45) is 0 Å². The summed E-state index contributed by atoms with van der Waals surface area (Å²) in [6.45, 7) is 1.99. The van der Waals surface area contributed by atoms with Crippen molar-refractivity contribution in [3.8, 4) is 17.2 Å². The van der Waals surface area contributed by atoms with Crippen molar-refractivity contribution in [2.45, 2.75) is 13.3 Å². The second-order valence-corrected chi connectivity index (χ2v) is 5.72. The van der Waals surface area contributed by atoms with E-state index in [0.717, 1.165) is 12.2 Å². The van der Waals surface area contributed by atoms with Gasteiger partial charge in [-0.05, 0) is 48.9 Å². The zero-order valence-corrected chi connectivity index (χ0v) is 14.1. The molecule has 26 heavy (non-hydrogen) atoms. The number of carboxylic acid groups (broad SMARTS) is 1. The molecule has 0 atom stereocenters. The minimum Gasteiger partial charge on any atom is -0.494 e. The number of carbonyl (C=O) groups excluding carboxylic acids is 2. The number of benzene rings is 2. The molecular weight excluding hydrogens is 338 g/mol. The molecule has 0 bridgehead atoms. The molecule has 0 saturated heterocycles. The van der Waals surface area contributed by atoms with Crippen molar-refractivity contribution in [1.82, 2.24) is 4.90 Å². The Morgan fingerprint density at radius 1 is 0.962 bits per heavy atom. The van der Waals surface area contributed by atoms with Crippen LogP contribution in [0.25, 0.3) is 0 Å². The van der Waals surface area contributed by atoms with Gasteiger partial charge in [-0.15, -0.1) is 0 Å². The molecule has 0 aromatic heterocycles. The predicted octanol–water partition coefficient (Wildman–Crippen LogP) is 2.95. The second kappa shape index (κ2) is 7.26. The fraction of sp³-hybridized carbons (Fsp3) is 0.211. The molecule has 0 aliphatic carbocycles. The van der Waals surface area contributed by atoms with E-state index >= 15 is 0 Å². The van der Waals surface area contributed by atoms with Gasteiger partial charge in [-0.3, -0.25) is 19.3 Å². The van der Waals surface area contributed by atoms with Gasteiger partial charge in [0.15, 0.2) is 0 Å². The molecule has 0 fully saturated rings. The number of ether oxygens (including phenoxy) is 2. The Kier molecular flexibility index (Phi) is 4.88. The highest BCUT2D eigenvalue weighted by Crippen LogP contribution is 2.30. The van der Waals surface area contributed by atoms with Gasteiger partial charge in [0.2, 0.25) is 0 Å². The van der Waals surface area contributed by atoms with Crippen LogP contribution in [0.3, 0.4) is 0 Å². The van der Waals surface area contributed by atoms with Crippen LogP contribution in [0, 0.1) is 0 Å². The summed E-state index contributed by atoms with van der Waals surface area (Å²) in [6, 6.07) is 11.5. The molecule has 0 spiro atoms. The van der Waals surface area contributed by atoms with Gasteiger partial charge in [0.05, 0.1) is 17.7 Å².